The molecule has 1 aromatic heterocycles. The molecule has 2 aliphatic rings. The molecule has 0 spiro atoms. The summed E-state index contributed by atoms with van der Waals surface area (Å²) in [7, 11) is 1.73. The van der Waals surface area contributed by atoms with Gasteiger partial charge < -0.3 is 9.72 Å². The van der Waals surface area contributed by atoms with Crippen molar-refractivity contribution in [3.05, 3.63) is 77.8 Å². The molecular weight excluding hydrogens is 363 g/mol. The number of hydrogen-bond acceptors (Lipinski definition) is 2. The van der Waals surface area contributed by atoms with Gasteiger partial charge in [-0.05, 0) is 73.2 Å². The van der Waals surface area contributed by atoms with Crippen molar-refractivity contribution in [1.29, 1.82) is 0 Å². The normalized spacial score (nSPS) is 24.1. The summed E-state index contributed by atoms with van der Waals surface area (Å²) in [5.41, 5.74) is 4.97. The zero-order chi connectivity index (χ0) is 20.0. The smallest absolute Gasteiger partial charge is 0.125 e. The second-order valence-corrected chi connectivity index (χ2v) is 8.54. The number of rotatable bonds is 4. The largest absolute Gasteiger partial charge is 0.497 e. The molecule has 1 saturated heterocycles. The zero-order valence-electron chi connectivity index (χ0n) is 16.9. The van der Waals surface area contributed by atoms with Gasteiger partial charge in [0.15, 0.2) is 0 Å². The summed E-state index contributed by atoms with van der Waals surface area (Å²) < 4.78 is 19.3. The Hall–Kier alpha value is -2.59. The number of benzene rings is 2. The van der Waals surface area contributed by atoms with Gasteiger partial charge in [-0.1, -0.05) is 18.2 Å². The quantitative estimate of drug-likeness (QED) is 0.645. The van der Waals surface area contributed by atoms with Gasteiger partial charge >= 0.3 is 0 Å². The van der Waals surface area contributed by atoms with Crippen LogP contribution in [0.4, 0.5) is 4.39 Å². The van der Waals surface area contributed by atoms with Crippen LogP contribution in [0.3, 0.4) is 0 Å². The Morgan fingerprint density at radius 2 is 2.21 bits per heavy atom. The van der Waals surface area contributed by atoms with E-state index in [2.05, 4.69) is 34.7 Å². The van der Waals surface area contributed by atoms with E-state index in [9.17, 15) is 4.39 Å². The molecule has 0 saturated carbocycles. The molecule has 1 unspecified atom stereocenters. The second kappa shape index (κ2) is 7.03. The molecule has 150 valence electrons. The molecule has 5 rings (SSSR count). The van der Waals surface area contributed by atoms with Crippen molar-refractivity contribution >= 4 is 10.9 Å². The first-order chi connectivity index (χ1) is 14.1. The average molecular weight is 391 g/mol. The monoisotopic (exact) mass is 390 g/mol. The molecule has 2 atom stereocenters. The molecule has 1 N–H and O–H groups in total. The molecular formula is C25H27FN2O. The van der Waals surface area contributed by atoms with Gasteiger partial charge in [-0.15, -0.1) is 6.58 Å². The summed E-state index contributed by atoms with van der Waals surface area (Å²) in [6, 6.07) is 13.7. The van der Waals surface area contributed by atoms with Crippen LogP contribution in [-0.2, 0) is 18.3 Å². The number of hydrogen-bond donors (Lipinski definition) is 1. The van der Waals surface area contributed by atoms with E-state index in [1.54, 1.807) is 19.2 Å². The number of H-pyrrole nitrogens is 1. The van der Waals surface area contributed by atoms with Crippen LogP contribution < -0.4 is 4.74 Å². The molecule has 1 fully saturated rings. The third-order valence-electron chi connectivity index (χ3n) is 7.07. The fourth-order valence-corrected chi connectivity index (χ4v) is 5.62. The van der Waals surface area contributed by atoms with Crippen LogP contribution in [0.5, 0.6) is 5.75 Å². The molecule has 4 heteroatoms. The predicted octanol–water partition coefficient (Wildman–Crippen LogP) is 4.86. The third kappa shape index (κ3) is 2.98. The van der Waals surface area contributed by atoms with Gasteiger partial charge in [-0.2, -0.15) is 0 Å². The highest BCUT2D eigenvalue weighted by Gasteiger charge is 2.48. The number of fused-ring (bicyclic) bond motifs is 4. The Morgan fingerprint density at radius 1 is 1.31 bits per heavy atom. The van der Waals surface area contributed by atoms with Gasteiger partial charge in [0.25, 0.3) is 0 Å². The number of halogens is 1. The minimum Gasteiger partial charge on any atom is -0.497 e. The lowest BCUT2D eigenvalue weighted by molar-refractivity contribution is 0.0896. The number of likely N-dealkylation sites (tertiary alicyclic amines) is 1. The van der Waals surface area contributed by atoms with Gasteiger partial charge in [0.2, 0.25) is 0 Å². The van der Waals surface area contributed by atoms with Crippen LogP contribution in [0.25, 0.3) is 10.9 Å². The summed E-state index contributed by atoms with van der Waals surface area (Å²) in [4.78, 5) is 6.06. The van der Waals surface area contributed by atoms with E-state index in [4.69, 9.17) is 4.74 Å². The van der Waals surface area contributed by atoms with Gasteiger partial charge in [0.05, 0.1) is 7.11 Å². The third-order valence-corrected chi connectivity index (χ3v) is 7.07. The molecule has 0 amide bonds. The molecule has 2 heterocycles. The van der Waals surface area contributed by atoms with E-state index < -0.39 is 0 Å². The Kier molecular flexibility index (Phi) is 4.47. The first-order valence-electron chi connectivity index (χ1n) is 10.4. The Balaban J connectivity index is 1.63. The lowest BCUT2D eigenvalue weighted by Crippen LogP contribution is -2.53. The van der Waals surface area contributed by atoms with Crippen LogP contribution in [0, 0.1) is 11.7 Å². The number of ether oxygens (including phenoxy) is 1. The fourth-order valence-electron chi connectivity index (χ4n) is 5.62. The van der Waals surface area contributed by atoms with E-state index in [0.29, 0.717) is 5.92 Å². The van der Waals surface area contributed by atoms with E-state index in [-0.39, 0.29) is 11.2 Å². The molecule has 1 aliphatic heterocycles. The van der Waals surface area contributed by atoms with Crippen molar-refractivity contribution in [2.45, 2.75) is 24.7 Å². The maximum Gasteiger partial charge on any atom is 0.125 e. The van der Waals surface area contributed by atoms with E-state index >= 15 is 0 Å². The highest BCUT2D eigenvalue weighted by atomic mass is 19.1. The standard InChI is InChI=1S/C25H27FN2O/c1-3-10-28-11-9-25(17-5-4-6-20(12-17)29-2)15-24-22(13-18(25)16-28)21-8-7-19(26)14-23(21)27-24/h3-8,12,14,18,27H,1,9-11,13,15-16H2,2H3/t18?,25-/m1/s1. The number of nitrogens with one attached hydrogen (secondary N) is 1. The van der Waals surface area contributed by atoms with Crippen molar-refractivity contribution in [2.75, 3.05) is 26.7 Å². The Bertz CT molecular complexity index is 1070. The molecule has 0 bridgehead atoms. The van der Waals surface area contributed by atoms with Crippen LogP contribution in [0.1, 0.15) is 23.2 Å². The van der Waals surface area contributed by atoms with Gasteiger partial charge in [-0.3, -0.25) is 4.90 Å². The fraction of sp³-hybridized carbons (Fsp3) is 0.360. The molecule has 3 nitrogen and oxygen atoms in total. The maximum atomic E-state index is 13.8. The van der Waals surface area contributed by atoms with Crippen LogP contribution in [0.15, 0.2) is 55.1 Å². The Morgan fingerprint density at radius 3 is 3.03 bits per heavy atom. The number of nitrogens with zero attached hydrogens (tertiary/aromatic N) is 1. The van der Waals surface area contributed by atoms with Crippen LogP contribution in [-0.4, -0.2) is 36.6 Å². The lowest BCUT2D eigenvalue weighted by atomic mass is 9.58. The summed E-state index contributed by atoms with van der Waals surface area (Å²) in [5, 5.41) is 1.17. The number of aromatic amines is 1. The minimum atomic E-state index is -0.187. The highest BCUT2D eigenvalue weighted by molar-refractivity contribution is 5.85. The molecule has 1 aliphatic carbocycles. The van der Waals surface area contributed by atoms with Crippen LogP contribution >= 0.6 is 0 Å². The van der Waals surface area contributed by atoms with E-state index in [1.807, 2.05) is 18.2 Å². The first-order valence-corrected chi connectivity index (χ1v) is 10.4. The van der Waals surface area contributed by atoms with Crippen molar-refractivity contribution in [3.8, 4) is 5.75 Å². The van der Waals surface area contributed by atoms with Gasteiger partial charge in [-0.25, -0.2) is 4.39 Å². The van der Waals surface area contributed by atoms with Crippen molar-refractivity contribution in [2.24, 2.45) is 5.92 Å². The van der Waals surface area contributed by atoms with E-state index in [1.165, 1.54) is 22.2 Å². The van der Waals surface area contributed by atoms with Gasteiger partial charge in [0, 0.05) is 35.1 Å². The SMILES string of the molecule is C=CCN1CC[C@]2(c3cccc(OC)c3)Cc3[nH]c4cc(F)ccc4c3CC2C1. The number of piperidine rings is 1. The summed E-state index contributed by atoms with van der Waals surface area (Å²) >= 11 is 0. The minimum absolute atomic E-state index is 0.0681. The first kappa shape index (κ1) is 18.4. The van der Waals surface area contributed by atoms with Crippen molar-refractivity contribution in [1.82, 2.24) is 9.88 Å². The average Bonchev–Trinajstić information content (AvgIpc) is 3.08. The molecule has 2 aromatic carbocycles. The van der Waals surface area contributed by atoms with Crippen molar-refractivity contribution < 1.29 is 9.13 Å². The molecule has 29 heavy (non-hydrogen) atoms. The second-order valence-electron chi connectivity index (χ2n) is 8.54. The molecule has 0 radical (unpaired) electrons. The lowest BCUT2D eigenvalue weighted by Gasteiger charge is -2.51. The topological polar surface area (TPSA) is 28.3 Å². The maximum absolute atomic E-state index is 13.8. The zero-order valence-corrected chi connectivity index (χ0v) is 16.9. The van der Waals surface area contributed by atoms with Crippen molar-refractivity contribution in [3.63, 3.8) is 0 Å². The number of methoxy groups -OCH3 is 1. The summed E-state index contributed by atoms with van der Waals surface area (Å²) in [6.07, 6.45) is 5.06. The van der Waals surface area contributed by atoms with E-state index in [0.717, 1.165) is 50.2 Å². The molecule has 3 aromatic rings. The van der Waals surface area contributed by atoms with Gasteiger partial charge in [0.1, 0.15) is 11.6 Å². The Labute approximate surface area is 171 Å². The highest BCUT2D eigenvalue weighted by Crippen LogP contribution is 2.49. The van der Waals surface area contributed by atoms with Crippen LogP contribution in [0.2, 0.25) is 0 Å². The predicted molar refractivity (Wildman–Crippen MR) is 115 cm³/mol. The summed E-state index contributed by atoms with van der Waals surface area (Å²) in [5.74, 6) is 1.22. The number of aromatic nitrogens is 1. The summed E-state index contributed by atoms with van der Waals surface area (Å²) in [6.45, 7) is 6.97.